The standard InChI is InChI=1S/C14H13N5OS2/c1-8-17-18-14(21-8)19-6-9(7-19)15-12(20)13-16-10-4-2-3-5-11(10)22-13/h2-5,9H,6-7H2,1H3,(H,15,20). The van der Waals surface area contributed by atoms with E-state index in [9.17, 15) is 4.79 Å². The van der Waals surface area contributed by atoms with Crippen molar-refractivity contribution in [3.05, 3.63) is 34.3 Å². The molecule has 8 heteroatoms. The number of aromatic nitrogens is 3. The Morgan fingerprint density at radius 2 is 2.09 bits per heavy atom. The van der Waals surface area contributed by atoms with Gasteiger partial charge in [-0.3, -0.25) is 4.79 Å². The molecule has 1 fully saturated rings. The number of rotatable bonds is 3. The molecular weight excluding hydrogens is 318 g/mol. The van der Waals surface area contributed by atoms with E-state index in [1.54, 1.807) is 11.3 Å². The highest BCUT2D eigenvalue weighted by Crippen LogP contribution is 2.25. The summed E-state index contributed by atoms with van der Waals surface area (Å²) in [5, 5.41) is 13.5. The van der Waals surface area contributed by atoms with Gasteiger partial charge in [0.1, 0.15) is 5.01 Å². The SMILES string of the molecule is Cc1nnc(N2CC(NC(=O)c3nc4ccccc4s3)C2)s1. The van der Waals surface area contributed by atoms with E-state index < -0.39 is 0 Å². The van der Waals surface area contributed by atoms with Crippen molar-refractivity contribution in [1.82, 2.24) is 20.5 Å². The minimum absolute atomic E-state index is 0.0979. The van der Waals surface area contributed by atoms with Crippen LogP contribution in [0.2, 0.25) is 0 Å². The monoisotopic (exact) mass is 331 g/mol. The quantitative estimate of drug-likeness (QED) is 0.795. The van der Waals surface area contributed by atoms with Crippen molar-refractivity contribution >= 4 is 43.9 Å². The second kappa shape index (κ2) is 5.29. The van der Waals surface area contributed by atoms with Crippen LogP contribution in [0, 0.1) is 6.92 Å². The van der Waals surface area contributed by atoms with E-state index in [1.807, 2.05) is 31.2 Å². The molecule has 4 rings (SSSR count). The third kappa shape index (κ3) is 2.44. The van der Waals surface area contributed by atoms with Crippen molar-refractivity contribution in [3.63, 3.8) is 0 Å². The van der Waals surface area contributed by atoms with Gasteiger partial charge in [-0.15, -0.1) is 21.5 Å². The van der Waals surface area contributed by atoms with Crippen LogP contribution in [0.25, 0.3) is 10.2 Å². The summed E-state index contributed by atoms with van der Waals surface area (Å²) in [6.07, 6.45) is 0. The van der Waals surface area contributed by atoms with Crippen LogP contribution in [0.4, 0.5) is 5.13 Å². The Balaban J connectivity index is 1.39. The van der Waals surface area contributed by atoms with Crippen LogP contribution in [-0.2, 0) is 0 Å². The number of amides is 1. The lowest BCUT2D eigenvalue weighted by Crippen LogP contribution is -2.59. The van der Waals surface area contributed by atoms with Gasteiger partial charge >= 0.3 is 0 Å². The maximum atomic E-state index is 12.3. The molecule has 0 unspecified atom stereocenters. The average Bonchev–Trinajstić information content (AvgIpc) is 3.08. The molecule has 0 aliphatic carbocycles. The van der Waals surface area contributed by atoms with E-state index in [4.69, 9.17) is 0 Å². The van der Waals surface area contributed by atoms with Crippen molar-refractivity contribution < 1.29 is 4.79 Å². The smallest absolute Gasteiger partial charge is 0.280 e. The molecular formula is C14H13N5OS2. The number of carbonyl (C=O) groups excluding carboxylic acids is 1. The minimum atomic E-state index is -0.0979. The van der Waals surface area contributed by atoms with Gasteiger partial charge in [0.15, 0.2) is 5.01 Å². The van der Waals surface area contributed by atoms with Gasteiger partial charge in [0.2, 0.25) is 5.13 Å². The topological polar surface area (TPSA) is 71.0 Å². The van der Waals surface area contributed by atoms with Gasteiger partial charge in [-0.25, -0.2) is 4.98 Å². The van der Waals surface area contributed by atoms with Crippen molar-refractivity contribution in [2.24, 2.45) is 0 Å². The molecule has 0 bridgehead atoms. The molecule has 1 N–H and O–H groups in total. The zero-order chi connectivity index (χ0) is 15.1. The molecule has 1 aliphatic rings. The lowest BCUT2D eigenvalue weighted by atomic mass is 10.1. The molecule has 0 atom stereocenters. The van der Waals surface area contributed by atoms with Crippen molar-refractivity contribution in [2.45, 2.75) is 13.0 Å². The summed E-state index contributed by atoms with van der Waals surface area (Å²) in [6, 6.07) is 7.93. The van der Waals surface area contributed by atoms with Gasteiger partial charge in [-0.2, -0.15) is 0 Å². The number of carbonyl (C=O) groups is 1. The number of hydrogen-bond acceptors (Lipinski definition) is 7. The number of para-hydroxylation sites is 1. The fraction of sp³-hybridized carbons (Fsp3) is 0.286. The third-order valence-corrected chi connectivity index (χ3v) is 5.43. The number of fused-ring (bicyclic) bond motifs is 1. The van der Waals surface area contributed by atoms with Crippen molar-refractivity contribution in [2.75, 3.05) is 18.0 Å². The number of nitrogens with zero attached hydrogens (tertiary/aromatic N) is 4. The van der Waals surface area contributed by atoms with Crippen LogP contribution in [0.3, 0.4) is 0 Å². The zero-order valence-corrected chi connectivity index (χ0v) is 13.4. The van der Waals surface area contributed by atoms with E-state index >= 15 is 0 Å². The first-order chi connectivity index (χ1) is 10.7. The Bertz CT molecular complexity index is 804. The van der Waals surface area contributed by atoms with Gasteiger partial charge < -0.3 is 10.2 Å². The fourth-order valence-electron chi connectivity index (χ4n) is 2.36. The highest BCUT2D eigenvalue weighted by Gasteiger charge is 2.31. The number of benzene rings is 1. The number of nitrogens with one attached hydrogen (secondary N) is 1. The number of hydrogen-bond donors (Lipinski definition) is 1. The molecule has 1 aromatic carbocycles. The summed E-state index contributed by atoms with van der Waals surface area (Å²) in [6.45, 7) is 3.48. The van der Waals surface area contributed by atoms with Crippen LogP contribution >= 0.6 is 22.7 Å². The van der Waals surface area contributed by atoms with Crippen molar-refractivity contribution in [3.8, 4) is 0 Å². The van der Waals surface area contributed by atoms with Gasteiger partial charge in [-0.1, -0.05) is 23.5 Å². The van der Waals surface area contributed by atoms with Gasteiger partial charge in [0.25, 0.3) is 5.91 Å². The molecule has 112 valence electrons. The number of thiazole rings is 1. The molecule has 6 nitrogen and oxygen atoms in total. The van der Waals surface area contributed by atoms with Gasteiger partial charge in [0, 0.05) is 13.1 Å². The normalized spacial score (nSPS) is 15.0. The number of aryl methyl sites for hydroxylation is 1. The first kappa shape index (κ1) is 13.6. The molecule has 0 radical (unpaired) electrons. The van der Waals surface area contributed by atoms with E-state index in [0.717, 1.165) is 33.4 Å². The lowest BCUT2D eigenvalue weighted by molar-refractivity contribution is 0.0930. The highest BCUT2D eigenvalue weighted by atomic mass is 32.1. The van der Waals surface area contributed by atoms with Crippen LogP contribution in [-0.4, -0.2) is 40.2 Å². The molecule has 1 amide bonds. The summed E-state index contributed by atoms with van der Waals surface area (Å²) in [5.41, 5.74) is 0.872. The molecule has 0 spiro atoms. The predicted octanol–water partition coefficient (Wildman–Crippen LogP) is 2.07. The summed E-state index contributed by atoms with van der Waals surface area (Å²) >= 11 is 3.00. The largest absolute Gasteiger partial charge is 0.344 e. The van der Waals surface area contributed by atoms with Crippen LogP contribution in [0.1, 0.15) is 14.8 Å². The lowest BCUT2D eigenvalue weighted by Gasteiger charge is -2.38. The predicted molar refractivity (Wildman–Crippen MR) is 87.7 cm³/mol. The Morgan fingerprint density at radius 1 is 1.27 bits per heavy atom. The fourth-order valence-corrected chi connectivity index (χ4v) is 3.93. The Kier molecular flexibility index (Phi) is 3.27. The van der Waals surface area contributed by atoms with Crippen LogP contribution in [0.15, 0.2) is 24.3 Å². The molecule has 2 aromatic heterocycles. The Morgan fingerprint density at radius 3 is 2.82 bits per heavy atom. The summed E-state index contributed by atoms with van der Waals surface area (Å²) < 4.78 is 1.03. The Labute approximate surface area is 134 Å². The van der Waals surface area contributed by atoms with E-state index in [-0.39, 0.29) is 11.9 Å². The maximum Gasteiger partial charge on any atom is 0.280 e. The maximum absolute atomic E-state index is 12.3. The molecule has 1 saturated heterocycles. The average molecular weight is 331 g/mol. The summed E-state index contributed by atoms with van der Waals surface area (Å²) in [4.78, 5) is 18.8. The van der Waals surface area contributed by atoms with E-state index in [0.29, 0.717) is 5.01 Å². The first-order valence-corrected chi connectivity index (χ1v) is 8.54. The summed E-state index contributed by atoms with van der Waals surface area (Å²) in [5.74, 6) is -0.0979. The summed E-state index contributed by atoms with van der Waals surface area (Å²) in [7, 11) is 0. The van der Waals surface area contributed by atoms with Gasteiger partial charge in [-0.05, 0) is 19.1 Å². The minimum Gasteiger partial charge on any atom is -0.344 e. The molecule has 0 saturated carbocycles. The zero-order valence-electron chi connectivity index (χ0n) is 11.8. The third-order valence-electron chi connectivity index (χ3n) is 3.49. The van der Waals surface area contributed by atoms with Gasteiger partial charge in [0.05, 0.1) is 16.3 Å². The molecule has 3 aromatic rings. The second-order valence-electron chi connectivity index (χ2n) is 5.17. The molecule has 22 heavy (non-hydrogen) atoms. The molecule has 1 aliphatic heterocycles. The Hall–Kier alpha value is -2.06. The van der Waals surface area contributed by atoms with Crippen LogP contribution < -0.4 is 10.2 Å². The van der Waals surface area contributed by atoms with E-state index in [1.165, 1.54) is 11.3 Å². The second-order valence-corrected chi connectivity index (χ2v) is 7.36. The highest BCUT2D eigenvalue weighted by molar-refractivity contribution is 7.20. The van der Waals surface area contributed by atoms with Crippen molar-refractivity contribution in [1.29, 1.82) is 0 Å². The first-order valence-electron chi connectivity index (χ1n) is 6.90. The van der Waals surface area contributed by atoms with E-state index in [2.05, 4.69) is 25.4 Å². The van der Waals surface area contributed by atoms with Crippen LogP contribution in [0.5, 0.6) is 0 Å². The molecule has 3 heterocycles. The number of anilines is 1.